The van der Waals surface area contributed by atoms with Crippen LogP contribution in [0.25, 0.3) is 0 Å². The van der Waals surface area contributed by atoms with Crippen LogP contribution in [0.15, 0.2) is 6.33 Å². The maximum Gasteiger partial charge on any atom is 0.352 e. The van der Waals surface area contributed by atoms with Crippen LogP contribution in [-0.2, 0) is 0 Å². The van der Waals surface area contributed by atoms with E-state index in [2.05, 4.69) is 21.5 Å². The van der Waals surface area contributed by atoms with E-state index in [0.717, 1.165) is 19.3 Å². The topological polar surface area (TPSA) is 107 Å². The summed E-state index contributed by atoms with van der Waals surface area (Å²) in [6.45, 7) is 0. The molecule has 1 aliphatic carbocycles. The summed E-state index contributed by atoms with van der Waals surface area (Å²) in [6, 6.07) is 0.191. The second-order valence-corrected chi connectivity index (χ2v) is 5.60. The van der Waals surface area contributed by atoms with Crippen molar-refractivity contribution in [3.8, 4) is 0 Å². The first-order chi connectivity index (χ1) is 9.13. The molecule has 7 nitrogen and oxygen atoms in total. The Labute approximate surface area is 115 Å². The lowest BCUT2D eigenvalue weighted by atomic mass is 9.95. The van der Waals surface area contributed by atoms with Gasteiger partial charge in [0.1, 0.15) is 6.33 Å². The van der Waals surface area contributed by atoms with E-state index in [1.165, 1.54) is 12.7 Å². The highest BCUT2D eigenvalue weighted by Gasteiger charge is 2.28. The summed E-state index contributed by atoms with van der Waals surface area (Å²) >= 11 is 1.78. The molecule has 0 aromatic carbocycles. The fourth-order valence-corrected chi connectivity index (χ4v) is 3.33. The van der Waals surface area contributed by atoms with Gasteiger partial charge in [-0.05, 0) is 19.1 Å². The van der Waals surface area contributed by atoms with Gasteiger partial charge in [-0.2, -0.15) is 11.8 Å². The summed E-state index contributed by atoms with van der Waals surface area (Å²) in [7, 11) is 0. The summed E-state index contributed by atoms with van der Waals surface area (Å²) in [6.07, 6.45) is 7.76. The van der Waals surface area contributed by atoms with E-state index >= 15 is 0 Å². The van der Waals surface area contributed by atoms with Crippen LogP contribution in [0.2, 0.25) is 0 Å². The van der Waals surface area contributed by atoms with E-state index < -0.39 is 4.92 Å². The molecule has 2 atom stereocenters. The molecule has 0 aliphatic heterocycles. The van der Waals surface area contributed by atoms with E-state index in [1.807, 2.05) is 0 Å². The maximum absolute atomic E-state index is 11.0. The van der Waals surface area contributed by atoms with Crippen molar-refractivity contribution in [1.82, 2.24) is 9.97 Å². The zero-order valence-corrected chi connectivity index (χ0v) is 11.5. The lowest BCUT2D eigenvalue weighted by Crippen LogP contribution is -2.34. The Morgan fingerprint density at radius 1 is 1.47 bits per heavy atom. The lowest BCUT2D eigenvalue weighted by molar-refractivity contribution is -0.383. The monoisotopic (exact) mass is 283 g/mol. The van der Waals surface area contributed by atoms with Crippen molar-refractivity contribution in [2.75, 3.05) is 17.3 Å². The zero-order chi connectivity index (χ0) is 13.8. The van der Waals surface area contributed by atoms with Gasteiger partial charge in [-0.1, -0.05) is 12.8 Å². The molecule has 1 saturated carbocycles. The van der Waals surface area contributed by atoms with E-state index in [9.17, 15) is 10.1 Å². The highest BCUT2D eigenvalue weighted by molar-refractivity contribution is 7.99. The van der Waals surface area contributed by atoms with Gasteiger partial charge in [0, 0.05) is 11.3 Å². The number of nitrogen functional groups attached to an aromatic ring is 1. The minimum atomic E-state index is -0.533. The van der Waals surface area contributed by atoms with Crippen LogP contribution >= 0.6 is 11.8 Å². The highest BCUT2D eigenvalue weighted by Crippen LogP contribution is 2.32. The van der Waals surface area contributed by atoms with Gasteiger partial charge in [-0.25, -0.2) is 9.97 Å². The summed E-state index contributed by atoms with van der Waals surface area (Å²) in [4.78, 5) is 18.1. The second-order valence-electron chi connectivity index (χ2n) is 4.52. The van der Waals surface area contributed by atoms with Gasteiger partial charge in [0.25, 0.3) is 0 Å². The molecule has 3 N–H and O–H groups in total. The molecular formula is C11H17N5O2S. The third-order valence-corrected chi connectivity index (χ3v) is 4.53. The molecule has 1 heterocycles. The zero-order valence-electron chi connectivity index (χ0n) is 10.7. The van der Waals surface area contributed by atoms with Crippen LogP contribution in [0.1, 0.15) is 25.7 Å². The molecule has 104 valence electrons. The Bertz CT molecular complexity index is 470. The Balaban J connectivity index is 2.22. The van der Waals surface area contributed by atoms with Crippen LogP contribution in [0.3, 0.4) is 0 Å². The fraction of sp³-hybridized carbons (Fsp3) is 0.636. The van der Waals surface area contributed by atoms with Crippen LogP contribution in [0, 0.1) is 10.1 Å². The Kier molecular flexibility index (Phi) is 4.41. The maximum atomic E-state index is 11.0. The molecular weight excluding hydrogens is 266 g/mol. The van der Waals surface area contributed by atoms with E-state index in [-0.39, 0.29) is 23.4 Å². The Hall–Kier alpha value is -1.57. The van der Waals surface area contributed by atoms with Gasteiger partial charge in [0.05, 0.1) is 4.92 Å². The molecule has 2 rings (SSSR count). The third kappa shape index (κ3) is 3.06. The molecule has 1 aromatic rings. The van der Waals surface area contributed by atoms with Gasteiger partial charge in [-0.3, -0.25) is 10.1 Å². The van der Waals surface area contributed by atoms with Gasteiger partial charge < -0.3 is 11.1 Å². The molecule has 0 spiro atoms. The van der Waals surface area contributed by atoms with E-state index in [1.54, 1.807) is 11.8 Å². The van der Waals surface area contributed by atoms with Crippen molar-refractivity contribution >= 4 is 29.1 Å². The van der Waals surface area contributed by atoms with Crippen molar-refractivity contribution in [3.05, 3.63) is 16.4 Å². The Morgan fingerprint density at radius 2 is 2.21 bits per heavy atom. The normalized spacial score (nSPS) is 23.0. The number of nitrogens with one attached hydrogen (secondary N) is 1. The van der Waals surface area contributed by atoms with Crippen molar-refractivity contribution < 1.29 is 4.92 Å². The predicted molar refractivity (Wildman–Crippen MR) is 76.3 cm³/mol. The molecule has 0 amide bonds. The van der Waals surface area contributed by atoms with Gasteiger partial charge in [0.2, 0.25) is 11.6 Å². The third-order valence-electron chi connectivity index (χ3n) is 3.36. The molecule has 0 radical (unpaired) electrons. The Morgan fingerprint density at radius 3 is 2.89 bits per heavy atom. The van der Waals surface area contributed by atoms with E-state index in [4.69, 9.17) is 5.73 Å². The number of hydrogen-bond donors (Lipinski definition) is 2. The smallest absolute Gasteiger partial charge is 0.352 e. The lowest BCUT2D eigenvalue weighted by Gasteiger charge is -2.31. The molecule has 0 saturated heterocycles. The molecule has 2 unspecified atom stereocenters. The van der Waals surface area contributed by atoms with Crippen molar-refractivity contribution in [2.24, 2.45) is 0 Å². The molecule has 0 bridgehead atoms. The highest BCUT2D eigenvalue weighted by atomic mass is 32.2. The first kappa shape index (κ1) is 13.9. The average molecular weight is 283 g/mol. The van der Waals surface area contributed by atoms with E-state index in [0.29, 0.717) is 5.25 Å². The number of nitrogens with two attached hydrogens (primary N) is 1. The van der Waals surface area contributed by atoms with Crippen LogP contribution in [-0.4, -0.2) is 32.4 Å². The summed E-state index contributed by atoms with van der Waals surface area (Å²) in [5.74, 6) is 0.127. The van der Waals surface area contributed by atoms with Gasteiger partial charge in [0.15, 0.2) is 0 Å². The van der Waals surface area contributed by atoms with Crippen LogP contribution in [0.5, 0.6) is 0 Å². The first-order valence-electron chi connectivity index (χ1n) is 6.17. The average Bonchev–Trinajstić information content (AvgIpc) is 2.39. The number of aromatic nitrogens is 2. The molecule has 1 aliphatic rings. The molecule has 1 aromatic heterocycles. The second kappa shape index (κ2) is 6.05. The first-order valence-corrected chi connectivity index (χ1v) is 7.46. The fourth-order valence-electron chi connectivity index (χ4n) is 2.40. The number of anilines is 2. The number of thioether (sulfide) groups is 1. The number of nitrogens with zero attached hydrogens (tertiary/aromatic N) is 3. The van der Waals surface area contributed by atoms with Crippen LogP contribution < -0.4 is 11.1 Å². The summed E-state index contributed by atoms with van der Waals surface area (Å²) < 4.78 is 0. The SMILES string of the molecule is CSC1CCCCC1Nc1ncnc(N)c1[N+](=O)[O-]. The van der Waals surface area contributed by atoms with Crippen molar-refractivity contribution in [2.45, 2.75) is 37.0 Å². The molecule has 8 heteroatoms. The largest absolute Gasteiger partial charge is 0.378 e. The number of rotatable bonds is 4. The summed E-state index contributed by atoms with van der Waals surface area (Å²) in [5.41, 5.74) is 5.33. The minimum absolute atomic E-state index is 0.0981. The molecule has 1 fully saturated rings. The number of nitro groups is 1. The van der Waals surface area contributed by atoms with Gasteiger partial charge >= 0.3 is 5.69 Å². The summed E-state index contributed by atoms with van der Waals surface area (Å²) in [5, 5.41) is 14.7. The standard InChI is InChI=1S/C11H17N5O2S/c1-19-8-5-3-2-4-7(8)15-11-9(16(17)18)10(12)13-6-14-11/h6-8H,2-5H2,1H3,(H3,12,13,14,15). The quantitative estimate of drug-likeness (QED) is 0.643. The van der Waals surface area contributed by atoms with Gasteiger partial charge in [-0.15, -0.1) is 0 Å². The van der Waals surface area contributed by atoms with Crippen molar-refractivity contribution in [3.63, 3.8) is 0 Å². The molecule has 19 heavy (non-hydrogen) atoms. The minimum Gasteiger partial charge on any atom is -0.378 e. The van der Waals surface area contributed by atoms with Crippen molar-refractivity contribution in [1.29, 1.82) is 0 Å². The predicted octanol–water partition coefficient (Wildman–Crippen LogP) is 2.05. The number of hydrogen-bond acceptors (Lipinski definition) is 7. The van der Waals surface area contributed by atoms with Crippen LogP contribution in [0.4, 0.5) is 17.3 Å².